The van der Waals surface area contributed by atoms with E-state index < -0.39 is 11.6 Å². The molecule has 0 fully saturated rings. The lowest BCUT2D eigenvalue weighted by Crippen LogP contribution is -2.05. The van der Waals surface area contributed by atoms with Gasteiger partial charge in [0.15, 0.2) is 0 Å². The second-order valence-electron chi connectivity index (χ2n) is 12.4. The van der Waals surface area contributed by atoms with Gasteiger partial charge in [-0.2, -0.15) is 5.26 Å². The van der Waals surface area contributed by atoms with E-state index in [1.165, 1.54) is 12.1 Å². The third-order valence-corrected chi connectivity index (χ3v) is 9.04. The SMILES string of the molecule is Cc1ccc2c(c1)c1cc(C)ccc1n2-c1cc(C#N)c(-c2cc(F)cc(F)c2)cc1-n1c2ccc(C)cc2c2cc(C)ccc21. The number of fused-ring (bicyclic) bond motifs is 6. The molecule has 3 nitrogen and oxygen atoms in total. The zero-order chi connectivity index (χ0) is 31.9. The Kier molecular flexibility index (Phi) is 6.13. The second kappa shape index (κ2) is 10.2. The summed E-state index contributed by atoms with van der Waals surface area (Å²) >= 11 is 0. The molecule has 0 bridgehead atoms. The smallest absolute Gasteiger partial charge is 0.126 e. The summed E-state index contributed by atoms with van der Waals surface area (Å²) in [5.41, 5.74) is 11.3. The van der Waals surface area contributed by atoms with Gasteiger partial charge in [0.05, 0.1) is 45.1 Å². The molecule has 0 aliphatic heterocycles. The third-order valence-electron chi connectivity index (χ3n) is 9.04. The first-order valence-electron chi connectivity index (χ1n) is 15.3. The fourth-order valence-corrected chi connectivity index (χ4v) is 7.00. The van der Waals surface area contributed by atoms with E-state index in [0.29, 0.717) is 16.7 Å². The quantitative estimate of drug-likeness (QED) is 0.198. The van der Waals surface area contributed by atoms with Crippen LogP contribution in [0, 0.1) is 50.7 Å². The van der Waals surface area contributed by atoms with E-state index in [0.717, 1.165) is 83.3 Å². The largest absolute Gasteiger partial charge is 0.307 e. The lowest BCUT2D eigenvalue weighted by atomic mass is 9.97. The van der Waals surface area contributed by atoms with Crippen LogP contribution in [0.3, 0.4) is 0 Å². The average molecular weight is 602 g/mol. The van der Waals surface area contributed by atoms with Crippen molar-refractivity contribution in [1.82, 2.24) is 9.13 Å². The highest BCUT2D eigenvalue weighted by molar-refractivity contribution is 6.12. The number of nitrogens with zero attached hydrogens (tertiary/aromatic N) is 3. The van der Waals surface area contributed by atoms with Gasteiger partial charge >= 0.3 is 0 Å². The molecule has 0 atom stereocenters. The molecule has 0 unspecified atom stereocenters. The number of halogens is 2. The molecule has 0 amide bonds. The minimum atomic E-state index is -0.694. The van der Waals surface area contributed by atoms with Gasteiger partial charge in [0, 0.05) is 33.2 Å². The molecule has 0 radical (unpaired) electrons. The first kappa shape index (κ1) is 27.8. The van der Waals surface area contributed by atoms with Gasteiger partial charge in [0.1, 0.15) is 11.6 Å². The van der Waals surface area contributed by atoms with Crippen LogP contribution in [-0.2, 0) is 0 Å². The number of aryl methyl sites for hydroxylation is 4. The van der Waals surface area contributed by atoms with Gasteiger partial charge in [-0.3, -0.25) is 0 Å². The summed E-state index contributed by atoms with van der Waals surface area (Å²) in [5, 5.41) is 15.0. The summed E-state index contributed by atoms with van der Waals surface area (Å²) < 4.78 is 33.6. The molecule has 2 heterocycles. The highest BCUT2D eigenvalue weighted by Crippen LogP contribution is 2.41. The van der Waals surface area contributed by atoms with E-state index in [-0.39, 0.29) is 0 Å². The Balaban J connectivity index is 1.59. The van der Waals surface area contributed by atoms with Crippen molar-refractivity contribution in [2.45, 2.75) is 27.7 Å². The molecular weight excluding hydrogens is 572 g/mol. The molecule has 0 aliphatic rings. The van der Waals surface area contributed by atoms with E-state index in [4.69, 9.17) is 0 Å². The standard InChI is InChI=1S/C41H29F2N3/c1-23-5-9-36-32(13-23)33-14-24(2)6-10-37(33)45(36)40-19-28(22-44)31(27-17-29(42)20-30(43)18-27)21-41(40)46-38-11-7-25(3)15-34(38)35-16-26(4)8-12-39(35)46/h5-21H,1-4H3. The van der Waals surface area contributed by atoms with Gasteiger partial charge in [-0.15, -0.1) is 0 Å². The fourth-order valence-electron chi connectivity index (χ4n) is 7.00. The third kappa shape index (κ3) is 4.22. The summed E-state index contributed by atoms with van der Waals surface area (Å²) in [6, 6.07) is 35.3. The molecular formula is C41H29F2N3. The van der Waals surface area contributed by atoms with E-state index >= 15 is 0 Å². The number of aromatic nitrogens is 2. The Bertz CT molecular complexity index is 2470. The Hall–Kier alpha value is -5.73. The monoisotopic (exact) mass is 601 g/mol. The zero-order valence-corrected chi connectivity index (χ0v) is 25.9. The van der Waals surface area contributed by atoms with E-state index in [1.807, 2.05) is 12.1 Å². The maximum atomic E-state index is 14.6. The second-order valence-corrected chi connectivity index (χ2v) is 12.4. The van der Waals surface area contributed by atoms with Crippen LogP contribution in [0.2, 0.25) is 0 Å². The highest BCUT2D eigenvalue weighted by Gasteiger charge is 2.23. The van der Waals surface area contributed by atoms with Crippen molar-refractivity contribution in [2.75, 3.05) is 0 Å². The van der Waals surface area contributed by atoms with Gasteiger partial charge in [0.2, 0.25) is 0 Å². The van der Waals surface area contributed by atoms with Crippen LogP contribution in [0.1, 0.15) is 27.8 Å². The van der Waals surface area contributed by atoms with E-state index in [2.05, 4.69) is 116 Å². The van der Waals surface area contributed by atoms with Crippen molar-refractivity contribution in [3.63, 3.8) is 0 Å². The minimum absolute atomic E-state index is 0.308. The normalized spacial score (nSPS) is 11.7. The van der Waals surface area contributed by atoms with Crippen molar-refractivity contribution in [1.29, 1.82) is 5.26 Å². The van der Waals surface area contributed by atoms with Gasteiger partial charge in [-0.25, -0.2) is 8.78 Å². The van der Waals surface area contributed by atoms with Crippen molar-refractivity contribution in [2.24, 2.45) is 0 Å². The molecule has 8 rings (SSSR count). The first-order valence-corrected chi connectivity index (χ1v) is 15.3. The van der Waals surface area contributed by atoms with Crippen molar-refractivity contribution < 1.29 is 8.78 Å². The minimum Gasteiger partial charge on any atom is -0.307 e. The molecule has 0 aliphatic carbocycles. The molecule has 5 heteroatoms. The molecule has 46 heavy (non-hydrogen) atoms. The van der Waals surface area contributed by atoms with Crippen LogP contribution in [-0.4, -0.2) is 9.13 Å². The fraction of sp³-hybridized carbons (Fsp3) is 0.0976. The topological polar surface area (TPSA) is 33.6 Å². The van der Waals surface area contributed by atoms with Crippen LogP contribution >= 0.6 is 0 Å². The summed E-state index contributed by atoms with van der Waals surface area (Å²) in [6.07, 6.45) is 0. The lowest BCUT2D eigenvalue weighted by molar-refractivity contribution is 0.584. The average Bonchev–Trinajstić information content (AvgIpc) is 3.51. The maximum absolute atomic E-state index is 14.6. The van der Waals surface area contributed by atoms with Crippen molar-refractivity contribution in [3.8, 4) is 28.6 Å². The molecule has 2 aromatic heterocycles. The molecule has 0 spiro atoms. The number of hydrogen-bond acceptors (Lipinski definition) is 1. The number of hydrogen-bond donors (Lipinski definition) is 0. The summed E-state index contributed by atoms with van der Waals surface area (Å²) in [5.74, 6) is -1.39. The maximum Gasteiger partial charge on any atom is 0.126 e. The summed E-state index contributed by atoms with van der Waals surface area (Å²) in [6.45, 7) is 8.35. The van der Waals surface area contributed by atoms with Crippen molar-refractivity contribution in [3.05, 3.63) is 143 Å². The van der Waals surface area contributed by atoms with Crippen molar-refractivity contribution >= 4 is 43.6 Å². The first-order chi connectivity index (χ1) is 22.2. The van der Waals surface area contributed by atoms with E-state index in [1.54, 1.807) is 0 Å². The zero-order valence-electron chi connectivity index (χ0n) is 25.9. The summed E-state index contributed by atoms with van der Waals surface area (Å²) in [4.78, 5) is 0. The predicted molar refractivity (Wildman–Crippen MR) is 184 cm³/mol. The van der Waals surface area contributed by atoms with Crippen LogP contribution in [0.15, 0.2) is 103 Å². The molecule has 0 saturated heterocycles. The van der Waals surface area contributed by atoms with Gasteiger partial charge in [-0.1, -0.05) is 46.5 Å². The van der Waals surface area contributed by atoms with Crippen LogP contribution < -0.4 is 0 Å². The van der Waals surface area contributed by atoms with E-state index in [9.17, 15) is 14.0 Å². The molecule has 8 aromatic rings. The summed E-state index contributed by atoms with van der Waals surface area (Å²) in [7, 11) is 0. The lowest BCUT2D eigenvalue weighted by Gasteiger charge is -2.19. The number of nitriles is 1. The molecule has 6 aromatic carbocycles. The highest BCUT2D eigenvalue weighted by atomic mass is 19.1. The Morgan fingerprint density at radius 1 is 0.478 bits per heavy atom. The van der Waals surface area contributed by atoms with Gasteiger partial charge in [-0.05, 0) is 106 Å². The van der Waals surface area contributed by atoms with Crippen LogP contribution in [0.25, 0.3) is 66.1 Å². The van der Waals surface area contributed by atoms with Gasteiger partial charge in [0.25, 0.3) is 0 Å². The predicted octanol–water partition coefficient (Wildman–Crippen LogP) is 10.9. The Morgan fingerprint density at radius 2 is 0.848 bits per heavy atom. The van der Waals surface area contributed by atoms with Crippen LogP contribution in [0.4, 0.5) is 8.78 Å². The molecule has 0 N–H and O–H groups in total. The molecule has 0 saturated carbocycles. The van der Waals surface area contributed by atoms with Crippen LogP contribution in [0.5, 0.6) is 0 Å². The number of benzene rings is 6. The van der Waals surface area contributed by atoms with Gasteiger partial charge < -0.3 is 9.13 Å². The Morgan fingerprint density at radius 3 is 1.22 bits per heavy atom. The Labute approximate surface area is 265 Å². The number of rotatable bonds is 3. The molecule has 222 valence electrons.